The van der Waals surface area contributed by atoms with Crippen LogP contribution in [0.1, 0.15) is 0 Å². The van der Waals surface area contributed by atoms with Gasteiger partial charge in [0.2, 0.25) is 0 Å². The number of rotatable bonds is 6. The maximum absolute atomic E-state index is 12.9. The maximum atomic E-state index is 12.9. The van der Waals surface area contributed by atoms with Gasteiger partial charge in [0, 0.05) is 7.11 Å². The van der Waals surface area contributed by atoms with Gasteiger partial charge in [0.15, 0.2) is 0 Å². The van der Waals surface area contributed by atoms with Gasteiger partial charge in [-0.3, -0.25) is 0 Å². The molecule has 0 bridgehead atoms. The second-order valence-corrected chi connectivity index (χ2v) is 2.49. The lowest BCUT2D eigenvalue weighted by molar-refractivity contribution is -0.171. The molecule has 1 aromatic rings. The topological polar surface area (TPSA) is 27.7 Å². The molecule has 0 aromatic heterocycles. The van der Waals surface area contributed by atoms with E-state index in [1.165, 1.54) is 7.11 Å². The summed E-state index contributed by atoms with van der Waals surface area (Å²) in [6.45, 7) is -1.25. The van der Waals surface area contributed by atoms with Crippen LogP contribution in [0.2, 0.25) is 0 Å². The van der Waals surface area contributed by atoms with Gasteiger partial charge >= 0.3 is 6.54 Å². The Morgan fingerprint density at radius 1 is 1.36 bits per heavy atom. The molecule has 0 aliphatic heterocycles. The highest BCUT2D eigenvalue weighted by Gasteiger charge is 2.06. The summed E-state index contributed by atoms with van der Waals surface area (Å²) in [6.07, 6.45) is 0. The van der Waals surface area contributed by atoms with E-state index < -0.39 is 6.54 Å². The predicted octanol–water partition coefficient (Wildman–Crippen LogP) is 1.78. The minimum Gasteiger partial charge on any atom is -0.438 e. The van der Waals surface area contributed by atoms with E-state index in [2.05, 4.69) is 10.8 Å². The molecule has 0 fully saturated rings. The van der Waals surface area contributed by atoms with E-state index in [0.29, 0.717) is 12.4 Å². The maximum Gasteiger partial charge on any atom is 0.352 e. The molecule has 3 nitrogen and oxygen atoms in total. The van der Waals surface area contributed by atoms with Crippen LogP contribution in [0.15, 0.2) is 24.3 Å². The van der Waals surface area contributed by atoms with E-state index >= 15 is 0 Å². The van der Waals surface area contributed by atoms with Crippen LogP contribution in [-0.2, 0) is 9.47 Å². The molecule has 1 radical (unpaired) electrons. The first-order valence-electron chi connectivity index (χ1n) is 4.20. The van der Waals surface area contributed by atoms with Crippen LogP contribution in [0, 0.1) is 6.07 Å². The molecule has 1 rings (SSSR count). The van der Waals surface area contributed by atoms with Gasteiger partial charge in [-0.05, 0) is 18.2 Å². The van der Waals surface area contributed by atoms with Crippen molar-refractivity contribution in [1.29, 1.82) is 0 Å². The summed E-state index contributed by atoms with van der Waals surface area (Å²) in [6, 6.07) is 9.27. The summed E-state index contributed by atoms with van der Waals surface area (Å²) in [5, 5.41) is 0. The van der Waals surface area contributed by atoms with E-state index in [0.717, 1.165) is 0 Å². The SMILES string of the molecule is COCCOC(F)Oc1cc[c]cc1. The van der Waals surface area contributed by atoms with Crippen molar-refractivity contribution in [3.05, 3.63) is 30.3 Å². The normalized spacial score (nSPS) is 12.4. The standard InChI is InChI=1S/C10H12FO3/c1-12-7-8-13-10(11)14-9-5-3-2-4-6-9/h3-6,10H,7-8H2,1H3. The minimum absolute atomic E-state index is 0.163. The number of halogens is 1. The fourth-order valence-corrected chi connectivity index (χ4v) is 0.815. The second kappa shape index (κ2) is 6.34. The first-order valence-corrected chi connectivity index (χ1v) is 4.20. The fraction of sp³-hybridized carbons (Fsp3) is 0.400. The lowest BCUT2D eigenvalue weighted by atomic mass is 10.3. The third-order valence-electron chi connectivity index (χ3n) is 1.45. The molecular formula is C10H12FO3. The summed E-state index contributed by atoms with van der Waals surface area (Å²) < 4.78 is 27.1. The third-order valence-corrected chi connectivity index (χ3v) is 1.45. The Bertz CT molecular complexity index is 240. The summed E-state index contributed by atoms with van der Waals surface area (Å²) in [4.78, 5) is 0. The number of alkyl halides is 1. The second-order valence-electron chi connectivity index (χ2n) is 2.49. The first-order chi connectivity index (χ1) is 6.83. The highest BCUT2D eigenvalue weighted by molar-refractivity contribution is 5.20. The first kappa shape index (κ1) is 10.9. The van der Waals surface area contributed by atoms with Crippen LogP contribution in [-0.4, -0.2) is 26.9 Å². The van der Waals surface area contributed by atoms with Gasteiger partial charge in [-0.15, -0.1) is 0 Å². The average molecular weight is 199 g/mol. The van der Waals surface area contributed by atoms with Crippen LogP contribution in [0.25, 0.3) is 0 Å². The van der Waals surface area contributed by atoms with Crippen LogP contribution in [0.5, 0.6) is 5.75 Å². The molecule has 4 heteroatoms. The number of hydrogen-bond donors (Lipinski definition) is 0. The molecule has 1 atom stereocenters. The fourth-order valence-electron chi connectivity index (χ4n) is 0.815. The van der Waals surface area contributed by atoms with E-state index in [4.69, 9.17) is 9.47 Å². The predicted molar refractivity (Wildman–Crippen MR) is 48.6 cm³/mol. The molecule has 0 heterocycles. The van der Waals surface area contributed by atoms with Crippen molar-refractivity contribution in [3.8, 4) is 5.75 Å². The molecule has 1 aromatic carbocycles. The lowest BCUT2D eigenvalue weighted by Crippen LogP contribution is -2.17. The largest absolute Gasteiger partial charge is 0.438 e. The van der Waals surface area contributed by atoms with E-state index in [1.807, 2.05) is 0 Å². The summed E-state index contributed by atoms with van der Waals surface area (Å²) in [5.74, 6) is 0.411. The van der Waals surface area contributed by atoms with E-state index in [1.54, 1.807) is 24.3 Å². The van der Waals surface area contributed by atoms with Crippen molar-refractivity contribution in [1.82, 2.24) is 0 Å². The Hall–Kier alpha value is -1.13. The average Bonchev–Trinajstić information content (AvgIpc) is 2.20. The Morgan fingerprint density at radius 2 is 2.07 bits per heavy atom. The molecule has 0 saturated heterocycles. The Balaban J connectivity index is 2.23. The van der Waals surface area contributed by atoms with Crippen LogP contribution in [0.4, 0.5) is 4.39 Å². The van der Waals surface area contributed by atoms with Gasteiger partial charge in [0.25, 0.3) is 0 Å². The molecular weight excluding hydrogens is 187 g/mol. The minimum atomic E-state index is -1.76. The molecule has 77 valence electrons. The Kier molecular flexibility index (Phi) is 4.96. The zero-order chi connectivity index (χ0) is 10.2. The lowest BCUT2D eigenvalue weighted by Gasteiger charge is -2.11. The van der Waals surface area contributed by atoms with Crippen molar-refractivity contribution in [3.63, 3.8) is 0 Å². The van der Waals surface area contributed by atoms with Crippen molar-refractivity contribution >= 4 is 0 Å². The van der Waals surface area contributed by atoms with Crippen LogP contribution in [0.3, 0.4) is 0 Å². The summed E-state index contributed by atoms with van der Waals surface area (Å²) >= 11 is 0. The van der Waals surface area contributed by atoms with Crippen LogP contribution < -0.4 is 4.74 Å². The van der Waals surface area contributed by atoms with Gasteiger partial charge < -0.3 is 14.2 Å². The van der Waals surface area contributed by atoms with Crippen molar-refractivity contribution in [2.45, 2.75) is 6.54 Å². The highest BCUT2D eigenvalue weighted by atomic mass is 19.2. The van der Waals surface area contributed by atoms with Gasteiger partial charge in [0.1, 0.15) is 5.75 Å². The van der Waals surface area contributed by atoms with E-state index in [9.17, 15) is 4.39 Å². The van der Waals surface area contributed by atoms with Crippen molar-refractivity contribution < 1.29 is 18.6 Å². The Labute approximate surface area is 82.4 Å². The van der Waals surface area contributed by atoms with Gasteiger partial charge in [0.05, 0.1) is 13.2 Å². The molecule has 1 unspecified atom stereocenters. The molecule has 0 aliphatic carbocycles. The van der Waals surface area contributed by atoms with Crippen LogP contribution >= 0.6 is 0 Å². The zero-order valence-electron chi connectivity index (χ0n) is 7.90. The number of hydrogen-bond acceptors (Lipinski definition) is 3. The molecule has 0 amide bonds. The number of ether oxygens (including phenoxy) is 3. The van der Waals surface area contributed by atoms with Gasteiger partial charge in [-0.1, -0.05) is 12.1 Å². The monoisotopic (exact) mass is 199 g/mol. The molecule has 0 saturated carbocycles. The number of benzene rings is 1. The number of methoxy groups -OCH3 is 1. The highest BCUT2D eigenvalue weighted by Crippen LogP contribution is 2.11. The summed E-state index contributed by atoms with van der Waals surface area (Å²) in [5.41, 5.74) is 0. The van der Waals surface area contributed by atoms with Crippen molar-refractivity contribution in [2.75, 3.05) is 20.3 Å². The third kappa shape index (κ3) is 4.20. The zero-order valence-corrected chi connectivity index (χ0v) is 7.90. The van der Waals surface area contributed by atoms with E-state index in [-0.39, 0.29) is 6.61 Å². The Morgan fingerprint density at radius 3 is 2.71 bits per heavy atom. The molecule has 0 spiro atoms. The molecule has 0 N–H and O–H groups in total. The summed E-state index contributed by atoms with van der Waals surface area (Å²) in [7, 11) is 1.52. The van der Waals surface area contributed by atoms with Gasteiger partial charge in [-0.2, -0.15) is 4.39 Å². The smallest absolute Gasteiger partial charge is 0.352 e. The van der Waals surface area contributed by atoms with Gasteiger partial charge in [-0.25, -0.2) is 0 Å². The quantitative estimate of drug-likeness (QED) is 0.516. The molecule has 14 heavy (non-hydrogen) atoms. The molecule has 0 aliphatic rings. The van der Waals surface area contributed by atoms with Crippen molar-refractivity contribution in [2.24, 2.45) is 0 Å².